The highest BCUT2D eigenvalue weighted by Gasteiger charge is 2.30. The smallest absolute Gasteiger partial charge is 0.268 e. The molecule has 1 fully saturated rings. The van der Waals surface area contributed by atoms with Gasteiger partial charge >= 0.3 is 0 Å². The molecule has 0 spiro atoms. The summed E-state index contributed by atoms with van der Waals surface area (Å²) in [6.07, 6.45) is 2.98. The zero-order valence-corrected chi connectivity index (χ0v) is 16.2. The van der Waals surface area contributed by atoms with Crippen molar-refractivity contribution in [3.63, 3.8) is 0 Å². The first-order valence-electron chi connectivity index (χ1n) is 8.06. The Bertz CT molecular complexity index is 1130. The summed E-state index contributed by atoms with van der Waals surface area (Å²) in [5, 5.41) is 0. The third-order valence-corrected chi connectivity index (χ3v) is 6.21. The van der Waals surface area contributed by atoms with E-state index in [1.54, 1.807) is 16.7 Å². The van der Waals surface area contributed by atoms with Crippen LogP contribution in [0.3, 0.4) is 0 Å². The number of fused-ring (bicyclic) bond motifs is 1. The monoisotopic (exact) mass is 407 g/mol. The molecule has 0 saturated carbocycles. The lowest BCUT2D eigenvalue weighted by molar-refractivity contribution is -0.141. The van der Waals surface area contributed by atoms with Crippen molar-refractivity contribution in [2.75, 3.05) is 12.8 Å². The molecule has 2 aromatic rings. The van der Waals surface area contributed by atoms with Crippen molar-refractivity contribution in [1.82, 2.24) is 9.47 Å². The van der Waals surface area contributed by atoms with E-state index in [0.717, 1.165) is 22.5 Å². The first kappa shape index (κ1) is 19.2. The molecule has 0 atom stereocenters. The summed E-state index contributed by atoms with van der Waals surface area (Å²) in [6, 6.07) is 4.69. The van der Waals surface area contributed by atoms with Gasteiger partial charge in [-0.05, 0) is 18.2 Å². The molecular formula is C17H17N3O5S2. The van der Waals surface area contributed by atoms with Crippen LogP contribution in [0.4, 0.5) is 0 Å². The Morgan fingerprint density at radius 2 is 1.96 bits per heavy atom. The summed E-state index contributed by atoms with van der Waals surface area (Å²) in [5.41, 5.74) is 0.715. The number of carbonyl (C=O) groups excluding carboxylic acids is 3. The first-order chi connectivity index (χ1) is 12.7. The molecule has 1 aromatic carbocycles. The first-order valence-corrected chi connectivity index (χ1v) is 10.8. The van der Waals surface area contributed by atoms with Crippen molar-refractivity contribution in [1.29, 1.82) is 0 Å². The number of hydrogen-bond donors (Lipinski definition) is 0. The van der Waals surface area contributed by atoms with E-state index >= 15 is 0 Å². The van der Waals surface area contributed by atoms with Crippen molar-refractivity contribution >= 4 is 49.1 Å². The molecule has 3 amide bonds. The number of allylic oxidation sites excluding steroid dienone is 1. The summed E-state index contributed by atoms with van der Waals surface area (Å²) in [4.78, 5) is 41.1. The van der Waals surface area contributed by atoms with E-state index in [1.165, 1.54) is 12.1 Å². The van der Waals surface area contributed by atoms with Crippen LogP contribution in [0.15, 0.2) is 40.7 Å². The van der Waals surface area contributed by atoms with Crippen LogP contribution >= 0.6 is 11.3 Å². The minimum absolute atomic E-state index is 0.111. The number of rotatable bonds is 5. The van der Waals surface area contributed by atoms with Gasteiger partial charge in [-0.25, -0.2) is 8.42 Å². The number of likely N-dealkylation sites (tertiary alicyclic amines) is 1. The zero-order valence-electron chi connectivity index (χ0n) is 14.5. The molecule has 27 heavy (non-hydrogen) atoms. The van der Waals surface area contributed by atoms with E-state index < -0.39 is 22.3 Å². The van der Waals surface area contributed by atoms with Gasteiger partial charge in [0.1, 0.15) is 6.54 Å². The number of hydrogen-bond acceptors (Lipinski definition) is 6. The number of imide groups is 1. The molecule has 3 rings (SSSR count). The van der Waals surface area contributed by atoms with E-state index in [9.17, 15) is 22.8 Å². The van der Waals surface area contributed by atoms with Crippen LogP contribution in [0, 0.1) is 0 Å². The van der Waals surface area contributed by atoms with E-state index in [4.69, 9.17) is 0 Å². The summed E-state index contributed by atoms with van der Waals surface area (Å²) in [7, 11) is -3.36. The molecule has 0 N–H and O–H groups in total. The standard InChI is InChI=1S/C17H17N3O5S2/c1-3-8-19-12-5-4-11(27(2,24)25)9-13(12)26-17(19)18-14(21)10-20-15(22)6-7-16(20)23/h3-5,9H,1,6-8,10H2,2H3. The van der Waals surface area contributed by atoms with Crippen molar-refractivity contribution < 1.29 is 22.8 Å². The number of carbonyl (C=O) groups is 3. The molecule has 1 aromatic heterocycles. The zero-order chi connectivity index (χ0) is 19.8. The van der Waals surface area contributed by atoms with Crippen LogP contribution in [-0.4, -0.2) is 48.4 Å². The van der Waals surface area contributed by atoms with Gasteiger partial charge in [-0.3, -0.25) is 19.3 Å². The highest BCUT2D eigenvalue weighted by Crippen LogP contribution is 2.22. The Labute approximate surface area is 159 Å². The quantitative estimate of drug-likeness (QED) is 0.540. The van der Waals surface area contributed by atoms with E-state index in [0.29, 0.717) is 21.6 Å². The molecular weight excluding hydrogens is 390 g/mol. The van der Waals surface area contributed by atoms with Crippen LogP contribution in [0.1, 0.15) is 12.8 Å². The Morgan fingerprint density at radius 1 is 1.30 bits per heavy atom. The highest BCUT2D eigenvalue weighted by molar-refractivity contribution is 7.90. The Morgan fingerprint density at radius 3 is 2.56 bits per heavy atom. The van der Waals surface area contributed by atoms with Gasteiger partial charge < -0.3 is 4.57 Å². The van der Waals surface area contributed by atoms with Crippen LogP contribution in [0.25, 0.3) is 10.2 Å². The van der Waals surface area contributed by atoms with Gasteiger partial charge in [0.2, 0.25) is 11.8 Å². The third kappa shape index (κ3) is 3.91. The van der Waals surface area contributed by atoms with Gasteiger partial charge in [0.25, 0.3) is 5.91 Å². The maximum atomic E-state index is 12.3. The minimum Gasteiger partial charge on any atom is -0.313 e. The Kier molecular flexibility index (Phi) is 5.11. The predicted octanol–water partition coefficient (Wildman–Crippen LogP) is 0.869. The normalized spacial score (nSPS) is 15.7. The van der Waals surface area contributed by atoms with Gasteiger partial charge in [0.05, 0.1) is 15.1 Å². The van der Waals surface area contributed by atoms with Gasteiger partial charge in [0, 0.05) is 25.6 Å². The lowest BCUT2D eigenvalue weighted by Crippen LogP contribution is -2.34. The Balaban J connectivity index is 2.03. The van der Waals surface area contributed by atoms with Crippen LogP contribution in [-0.2, 0) is 30.8 Å². The van der Waals surface area contributed by atoms with Crippen LogP contribution < -0.4 is 4.80 Å². The second-order valence-electron chi connectivity index (χ2n) is 6.06. The second-order valence-corrected chi connectivity index (χ2v) is 9.09. The third-order valence-electron chi connectivity index (χ3n) is 4.06. The number of amides is 3. The molecule has 1 aliphatic heterocycles. The van der Waals surface area contributed by atoms with E-state index in [-0.39, 0.29) is 29.6 Å². The van der Waals surface area contributed by atoms with Gasteiger partial charge in [-0.15, -0.1) is 6.58 Å². The topological polar surface area (TPSA) is 106 Å². The number of sulfone groups is 1. The minimum atomic E-state index is -3.36. The van der Waals surface area contributed by atoms with Gasteiger partial charge in [-0.1, -0.05) is 17.4 Å². The summed E-state index contributed by atoms with van der Waals surface area (Å²) in [6.45, 7) is 3.66. The molecule has 0 aliphatic carbocycles. The van der Waals surface area contributed by atoms with Crippen LogP contribution in [0.2, 0.25) is 0 Å². The molecule has 2 heterocycles. The van der Waals surface area contributed by atoms with Crippen molar-refractivity contribution in [3.05, 3.63) is 35.7 Å². The van der Waals surface area contributed by atoms with E-state index in [2.05, 4.69) is 11.6 Å². The number of aromatic nitrogens is 1. The lowest BCUT2D eigenvalue weighted by Gasteiger charge is -2.10. The molecule has 0 radical (unpaired) electrons. The molecule has 0 unspecified atom stereocenters. The largest absolute Gasteiger partial charge is 0.313 e. The number of nitrogens with zero attached hydrogens (tertiary/aromatic N) is 3. The number of thiazole rings is 1. The van der Waals surface area contributed by atoms with Crippen molar-refractivity contribution in [3.8, 4) is 0 Å². The fourth-order valence-electron chi connectivity index (χ4n) is 2.75. The maximum absolute atomic E-state index is 12.3. The Hall–Kier alpha value is -2.59. The molecule has 10 heteroatoms. The fourth-order valence-corrected chi connectivity index (χ4v) is 4.57. The highest BCUT2D eigenvalue weighted by atomic mass is 32.2. The molecule has 8 nitrogen and oxygen atoms in total. The fraction of sp³-hybridized carbons (Fsp3) is 0.294. The van der Waals surface area contributed by atoms with Gasteiger partial charge in [0.15, 0.2) is 14.6 Å². The summed E-state index contributed by atoms with van der Waals surface area (Å²) in [5.74, 6) is -1.38. The second kappa shape index (κ2) is 7.20. The van der Waals surface area contributed by atoms with Crippen molar-refractivity contribution in [2.24, 2.45) is 4.99 Å². The lowest BCUT2D eigenvalue weighted by atomic mass is 10.3. The van der Waals surface area contributed by atoms with E-state index in [1.807, 2.05) is 0 Å². The summed E-state index contributed by atoms with van der Waals surface area (Å²) >= 11 is 1.16. The van der Waals surface area contributed by atoms with Crippen LogP contribution in [0.5, 0.6) is 0 Å². The molecule has 142 valence electrons. The van der Waals surface area contributed by atoms with Crippen molar-refractivity contribution in [2.45, 2.75) is 24.3 Å². The molecule has 1 saturated heterocycles. The number of benzene rings is 1. The predicted molar refractivity (Wildman–Crippen MR) is 99.6 cm³/mol. The molecule has 0 bridgehead atoms. The maximum Gasteiger partial charge on any atom is 0.268 e. The average molecular weight is 407 g/mol. The average Bonchev–Trinajstić information content (AvgIpc) is 3.08. The SMILES string of the molecule is C=CCn1c(=NC(=O)CN2C(=O)CCC2=O)sc2cc(S(C)(=O)=O)ccc21. The van der Waals surface area contributed by atoms with Gasteiger partial charge in [-0.2, -0.15) is 4.99 Å². The molecule has 1 aliphatic rings. The summed E-state index contributed by atoms with van der Waals surface area (Å²) < 4.78 is 25.9.